The Labute approximate surface area is 172 Å². The molecule has 0 aliphatic carbocycles. The quantitative estimate of drug-likeness (QED) is 0.752. The number of hydrogen-bond acceptors (Lipinski definition) is 4. The first-order chi connectivity index (χ1) is 14.2. The van der Waals surface area contributed by atoms with E-state index in [2.05, 4.69) is 24.0 Å². The van der Waals surface area contributed by atoms with Gasteiger partial charge in [-0.25, -0.2) is 9.69 Å². The van der Waals surface area contributed by atoms with Crippen LogP contribution in [0.4, 0.5) is 4.79 Å². The molecule has 152 valence electrons. The zero-order valence-corrected chi connectivity index (χ0v) is 16.9. The average molecular weight is 392 g/mol. The Kier molecular flexibility index (Phi) is 5.95. The summed E-state index contributed by atoms with van der Waals surface area (Å²) in [6.45, 7) is 4.80. The van der Waals surface area contributed by atoms with Crippen molar-refractivity contribution < 1.29 is 14.3 Å². The van der Waals surface area contributed by atoms with Crippen molar-refractivity contribution in [3.05, 3.63) is 71.8 Å². The SMILES string of the molecule is CC[C@@H]1CN(Cc2ccccc2)C[C@H]1C(=O)N1C(=O)OC[C@H]1Cc1ccccc1. The van der Waals surface area contributed by atoms with E-state index in [1.54, 1.807) is 0 Å². The Balaban J connectivity index is 1.46. The summed E-state index contributed by atoms with van der Waals surface area (Å²) >= 11 is 0. The Hall–Kier alpha value is -2.66. The van der Waals surface area contributed by atoms with E-state index in [1.165, 1.54) is 10.5 Å². The van der Waals surface area contributed by atoms with Crippen LogP contribution in [0.1, 0.15) is 24.5 Å². The van der Waals surface area contributed by atoms with Crippen LogP contribution in [-0.4, -0.2) is 47.5 Å². The lowest BCUT2D eigenvalue weighted by Crippen LogP contribution is -2.45. The van der Waals surface area contributed by atoms with Gasteiger partial charge in [-0.15, -0.1) is 0 Å². The molecule has 0 N–H and O–H groups in total. The fraction of sp³-hybridized carbons (Fsp3) is 0.417. The second-order valence-corrected chi connectivity index (χ2v) is 8.08. The predicted octanol–water partition coefficient (Wildman–Crippen LogP) is 3.73. The van der Waals surface area contributed by atoms with Gasteiger partial charge in [0.05, 0.1) is 12.0 Å². The molecule has 4 rings (SSSR count). The maximum Gasteiger partial charge on any atom is 0.416 e. The number of hydrogen-bond donors (Lipinski definition) is 0. The zero-order chi connectivity index (χ0) is 20.2. The van der Waals surface area contributed by atoms with Crippen molar-refractivity contribution in [2.75, 3.05) is 19.7 Å². The molecule has 29 heavy (non-hydrogen) atoms. The molecule has 0 unspecified atom stereocenters. The highest BCUT2D eigenvalue weighted by Crippen LogP contribution is 2.31. The van der Waals surface area contributed by atoms with Gasteiger partial charge in [0.25, 0.3) is 0 Å². The van der Waals surface area contributed by atoms with E-state index in [-0.39, 0.29) is 30.4 Å². The van der Waals surface area contributed by atoms with Crippen molar-refractivity contribution in [3.8, 4) is 0 Å². The highest BCUT2D eigenvalue weighted by Gasteiger charge is 2.45. The fourth-order valence-corrected chi connectivity index (χ4v) is 4.57. The van der Waals surface area contributed by atoms with E-state index >= 15 is 0 Å². The van der Waals surface area contributed by atoms with Crippen molar-refractivity contribution in [1.82, 2.24) is 9.80 Å². The largest absolute Gasteiger partial charge is 0.447 e. The summed E-state index contributed by atoms with van der Waals surface area (Å²) in [6.07, 6.45) is 1.07. The van der Waals surface area contributed by atoms with Gasteiger partial charge in [0.1, 0.15) is 6.61 Å². The molecule has 2 saturated heterocycles. The predicted molar refractivity (Wildman–Crippen MR) is 111 cm³/mol. The van der Waals surface area contributed by atoms with Gasteiger partial charge in [-0.3, -0.25) is 9.69 Å². The Morgan fingerprint density at radius 3 is 2.31 bits per heavy atom. The lowest BCUT2D eigenvalue weighted by Gasteiger charge is -2.25. The molecule has 2 heterocycles. The van der Waals surface area contributed by atoms with Gasteiger partial charge in [-0.05, 0) is 23.5 Å². The van der Waals surface area contributed by atoms with Gasteiger partial charge in [0.15, 0.2) is 0 Å². The van der Waals surface area contributed by atoms with Crippen LogP contribution in [0.3, 0.4) is 0 Å². The highest BCUT2D eigenvalue weighted by atomic mass is 16.6. The molecule has 2 fully saturated rings. The van der Waals surface area contributed by atoms with Crippen LogP contribution in [0.2, 0.25) is 0 Å². The van der Waals surface area contributed by atoms with Crippen LogP contribution < -0.4 is 0 Å². The smallest absolute Gasteiger partial charge is 0.416 e. The van der Waals surface area contributed by atoms with E-state index in [1.807, 2.05) is 48.5 Å². The van der Waals surface area contributed by atoms with Crippen molar-refractivity contribution in [3.63, 3.8) is 0 Å². The van der Waals surface area contributed by atoms with Gasteiger partial charge in [0, 0.05) is 19.6 Å². The van der Waals surface area contributed by atoms with Crippen LogP contribution in [0.5, 0.6) is 0 Å². The molecule has 5 heteroatoms. The Bertz CT molecular complexity index is 840. The van der Waals surface area contributed by atoms with Crippen LogP contribution in [0, 0.1) is 11.8 Å². The number of likely N-dealkylation sites (tertiary alicyclic amines) is 1. The molecule has 0 saturated carbocycles. The van der Waals surface area contributed by atoms with Gasteiger partial charge in [0.2, 0.25) is 5.91 Å². The first-order valence-electron chi connectivity index (χ1n) is 10.5. The molecule has 2 aromatic rings. The molecule has 2 amide bonds. The van der Waals surface area contributed by atoms with Crippen molar-refractivity contribution in [2.45, 2.75) is 32.4 Å². The summed E-state index contributed by atoms with van der Waals surface area (Å²) in [5.41, 5.74) is 2.36. The van der Waals surface area contributed by atoms with Gasteiger partial charge in [-0.1, -0.05) is 74.0 Å². The number of nitrogens with zero attached hydrogens (tertiary/aromatic N) is 2. The summed E-state index contributed by atoms with van der Waals surface area (Å²) < 4.78 is 5.27. The molecule has 0 aromatic heterocycles. The number of carbonyl (C=O) groups is 2. The topological polar surface area (TPSA) is 49.9 Å². The number of cyclic esters (lactones) is 1. The summed E-state index contributed by atoms with van der Waals surface area (Å²) in [5, 5.41) is 0. The molecule has 3 atom stereocenters. The number of benzene rings is 2. The number of amides is 2. The highest BCUT2D eigenvalue weighted by molar-refractivity contribution is 5.95. The molecule has 2 aliphatic heterocycles. The molecule has 2 aliphatic rings. The maximum atomic E-state index is 13.4. The zero-order valence-electron chi connectivity index (χ0n) is 16.9. The van der Waals surface area contributed by atoms with E-state index in [0.29, 0.717) is 13.0 Å². The van der Waals surface area contributed by atoms with Gasteiger partial charge < -0.3 is 4.74 Å². The van der Waals surface area contributed by atoms with Crippen LogP contribution in [0.25, 0.3) is 0 Å². The minimum atomic E-state index is -0.493. The molecule has 0 spiro atoms. The summed E-state index contributed by atoms with van der Waals surface area (Å²) in [6, 6.07) is 20.1. The number of imide groups is 1. The maximum absolute atomic E-state index is 13.4. The standard InChI is InChI=1S/C24H28N2O3/c1-2-20-15-25(14-19-11-7-4-8-12-19)16-22(20)23(27)26-21(17-29-24(26)28)13-18-9-5-3-6-10-18/h3-12,20-22H,2,13-17H2,1H3/t20-,21-,22-/m1/s1. The Morgan fingerprint density at radius 2 is 1.66 bits per heavy atom. The summed E-state index contributed by atoms with van der Waals surface area (Å²) in [4.78, 5) is 29.6. The first kappa shape index (κ1) is 19.6. The van der Waals surface area contributed by atoms with Crippen molar-refractivity contribution >= 4 is 12.0 Å². The van der Waals surface area contributed by atoms with Crippen LogP contribution in [-0.2, 0) is 22.5 Å². The van der Waals surface area contributed by atoms with Gasteiger partial charge >= 0.3 is 6.09 Å². The molecule has 0 radical (unpaired) electrons. The van der Waals surface area contributed by atoms with Crippen molar-refractivity contribution in [1.29, 1.82) is 0 Å². The van der Waals surface area contributed by atoms with E-state index < -0.39 is 6.09 Å². The van der Waals surface area contributed by atoms with Gasteiger partial charge in [-0.2, -0.15) is 0 Å². The second-order valence-electron chi connectivity index (χ2n) is 8.08. The first-order valence-corrected chi connectivity index (χ1v) is 10.5. The Morgan fingerprint density at radius 1 is 1.00 bits per heavy atom. The normalized spacial score (nSPS) is 24.7. The third-order valence-electron chi connectivity index (χ3n) is 6.12. The lowest BCUT2D eigenvalue weighted by molar-refractivity contribution is -0.134. The van der Waals surface area contributed by atoms with E-state index in [4.69, 9.17) is 4.74 Å². The molecular formula is C24H28N2O3. The minimum Gasteiger partial charge on any atom is -0.447 e. The molecule has 5 nitrogen and oxygen atoms in total. The third kappa shape index (κ3) is 4.35. The fourth-order valence-electron chi connectivity index (χ4n) is 4.57. The number of ether oxygens (including phenoxy) is 1. The average Bonchev–Trinajstić information content (AvgIpc) is 3.32. The second kappa shape index (κ2) is 8.78. The number of rotatable bonds is 6. The molecular weight excluding hydrogens is 364 g/mol. The van der Waals surface area contributed by atoms with Crippen LogP contribution in [0.15, 0.2) is 60.7 Å². The molecule has 0 bridgehead atoms. The van der Waals surface area contributed by atoms with E-state index in [9.17, 15) is 9.59 Å². The summed E-state index contributed by atoms with van der Waals surface area (Å²) in [5.74, 6) is 0.0282. The number of carbonyl (C=O) groups excluding carboxylic acids is 2. The van der Waals surface area contributed by atoms with E-state index in [0.717, 1.165) is 25.1 Å². The molecule has 2 aromatic carbocycles. The van der Waals surface area contributed by atoms with Crippen LogP contribution >= 0.6 is 0 Å². The minimum absolute atomic E-state index is 0.0733. The monoisotopic (exact) mass is 392 g/mol. The third-order valence-corrected chi connectivity index (χ3v) is 6.12. The summed E-state index contributed by atoms with van der Waals surface area (Å²) in [7, 11) is 0. The lowest BCUT2D eigenvalue weighted by atomic mass is 9.92. The van der Waals surface area contributed by atoms with Crippen molar-refractivity contribution in [2.24, 2.45) is 11.8 Å².